The van der Waals surface area contributed by atoms with Crippen LogP contribution in [0.15, 0.2) is 66.3 Å². The lowest BCUT2D eigenvalue weighted by molar-refractivity contribution is 0.176. The fraction of sp³-hybridized carbons (Fsp3) is 0.200. The van der Waals surface area contributed by atoms with Crippen LogP contribution in [0.5, 0.6) is 5.75 Å². The van der Waals surface area contributed by atoms with E-state index in [2.05, 4.69) is 11.7 Å². The minimum absolute atomic E-state index is 0.288. The number of carbonyl (C=O) groups is 1. The fourth-order valence-electron chi connectivity index (χ4n) is 2.26. The average molecular weight is 354 g/mol. The molecule has 0 atom stereocenters. The largest absolute Gasteiger partial charge is 0.488 e. The number of hydrogen-bond acceptors (Lipinski definition) is 5. The maximum absolute atomic E-state index is 11.8. The molecule has 0 saturated heterocycles. The van der Waals surface area contributed by atoms with Crippen molar-refractivity contribution in [3.05, 3.63) is 72.3 Å². The molecule has 0 fully saturated rings. The zero-order chi connectivity index (χ0) is 18.8. The van der Waals surface area contributed by atoms with Gasteiger partial charge in [0.25, 0.3) is 0 Å². The van der Waals surface area contributed by atoms with Crippen LogP contribution in [0.1, 0.15) is 11.1 Å². The van der Waals surface area contributed by atoms with E-state index in [1.54, 1.807) is 19.3 Å². The van der Waals surface area contributed by atoms with Gasteiger partial charge < -0.3 is 14.3 Å². The van der Waals surface area contributed by atoms with Crippen molar-refractivity contribution in [3.63, 3.8) is 0 Å². The quantitative estimate of drug-likeness (QED) is 0.311. The lowest BCUT2D eigenvalue weighted by Crippen LogP contribution is -2.27. The number of anilines is 1. The monoisotopic (exact) mass is 354 g/mol. The first-order valence-corrected chi connectivity index (χ1v) is 8.05. The molecule has 2 aromatic rings. The molecule has 0 bridgehead atoms. The summed E-state index contributed by atoms with van der Waals surface area (Å²) in [4.78, 5) is 18.3. The Balaban J connectivity index is 2.14. The van der Waals surface area contributed by atoms with Gasteiger partial charge in [-0.2, -0.15) is 0 Å². The Morgan fingerprint density at radius 3 is 2.69 bits per heavy atom. The van der Waals surface area contributed by atoms with Crippen LogP contribution in [0.25, 0.3) is 0 Å². The number of para-hydroxylation sites is 2. The highest BCUT2D eigenvalue weighted by Gasteiger charge is 2.14. The summed E-state index contributed by atoms with van der Waals surface area (Å²) in [7, 11) is 3.00. The van der Waals surface area contributed by atoms with Gasteiger partial charge >= 0.3 is 6.09 Å². The van der Waals surface area contributed by atoms with Gasteiger partial charge in [-0.15, -0.1) is 0 Å². The van der Waals surface area contributed by atoms with E-state index in [9.17, 15) is 4.79 Å². The summed E-state index contributed by atoms with van der Waals surface area (Å²) in [6, 6.07) is 15.0. The van der Waals surface area contributed by atoms with Crippen molar-refractivity contribution >= 4 is 18.0 Å². The van der Waals surface area contributed by atoms with E-state index in [0.29, 0.717) is 12.4 Å². The standard InChI is InChI=1S/C20H22N2O4/c1-4-13-26-21-14-16-9-6-8-12-19(16)25-15-17-10-5-7-11-18(17)22(2)20(23)24-3/h4-12,14H,1,13,15H2,2-3H3/b21-14+. The molecule has 0 N–H and O–H groups in total. The summed E-state index contributed by atoms with van der Waals surface area (Å²) in [5.41, 5.74) is 2.37. The van der Waals surface area contributed by atoms with Crippen molar-refractivity contribution in [1.82, 2.24) is 0 Å². The van der Waals surface area contributed by atoms with Crippen molar-refractivity contribution in [2.45, 2.75) is 6.61 Å². The number of amides is 1. The van der Waals surface area contributed by atoms with E-state index in [-0.39, 0.29) is 6.61 Å². The molecule has 6 heteroatoms. The molecular weight excluding hydrogens is 332 g/mol. The van der Waals surface area contributed by atoms with Gasteiger partial charge in [0.1, 0.15) is 19.0 Å². The highest BCUT2D eigenvalue weighted by molar-refractivity contribution is 5.88. The first-order chi connectivity index (χ1) is 12.7. The van der Waals surface area contributed by atoms with Crippen molar-refractivity contribution in [3.8, 4) is 5.75 Å². The van der Waals surface area contributed by atoms with E-state index in [1.807, 2.05) is 48.5 Å². The molecule has 2 aromatic carbocycles. The van der Waals surface area contributed by atoms with E-state index in [1.165, 1.54) is 12.0 Å². The zero-order valence-corrected chi connectivity index (χ0v) is 14.9. The molecule has 136 valence electrons. The van der Waals surface area contributed by atoms with E-state index < -0.39 is 6.09 Å². The fourth-order valence-corrected chi connectivity index (χ4v) is 2.26. The van der Waals surface area contributed by atoms with E-state index in [4.69, 9.17) is 14.3 Å². The Kier molecular flexibility index (Phi) is 7.24. The number of carbonyl (C=O) groups excluding carboxylic acids is 1. The summed E-state index contributed by atoms with van der Waals surface area (Å²) in [5, 5.41) is 3.88. The van der Waals surface area contributed by atoms with Gasteiger partial charge in [0.2, 0.25) is 0 Å². The molecule has 0 spiro atoms. The van der Waals surface area contributed by atoms with Crippen LogP contribution in [0.4, 0.5) is 10.5 Å². The van der Waals surface area contributed by atoms with Crippen LogP contribution in [-0.4, -0.2) is 33.1 Å². The summed E-state index contributed by atoms with van der Waals surface area (Å²) < 4.78 is 10.7. The van der Waals surface area contributed by atoms with Gasteiger partial charge in [-0.1, -0.05) is 48.1 Å². The van der Waals surface area contributed by atoms with Crippen LogP contribution in [0, 0.1) is 0 Å². The summed E-state index contributed by atoms with van der Waals surface area (Å²) in [6.07, 6.45) is 2.77. The number of nitrogens with zero attached hydrogens (tertiary/aromatic N) is 2. The molecule has 26 heavy (non-hydrogen) atoms. The molecular formula is C20H22N2O4. The van der Waals surface area contributed by atoms with Gasteiger partial charge in [-0.3, -0.25) is 4.90 Å². The van der Waals surface area contributed by atoms with Gasteiger partial charge in [0.15, 0.2) is 0 Å². The zero-order valence-electron chi connectivity index (χ0n) is 14.9. The second-order valence-electron chi connectivity index (χ2n) is 5.30. The molecule has 0 aliphatic carbocycles. The van der Waals surface area contributed by atoms with Gasteiger partial charge in [0, 0.05) is 18.2 Å². The predicted molar refractivity (Wildman–Crippen MR) is 102 cm³/mol. The molecule has 0 aliphatic rings. The topological polar surface area (TPSA) is 60.4 Å². The molecule has 6 nitrogen and oxygen atoms in total. The highest BCUT2D eigenvalue weighted by atomic mass is 16.6. The minimum Gasteiger partial charge on any atom is -0.488 e. The van der Waals surface area contributed by atoms with E-state index in [0.717, 1.165) is 16.8 Å². The Labute approximate surface area is 153 Å². The summed E-state index contributed by atoms with van der Waals surface area (Å²) in [5.74, 6) is 0.661. The Morgan fingerprint density at radius 2 is 1.92 bits per heavy atom. The molecule has 1 amide bonds. The van der Waals surface area contributed by atoms with Crippen molar-refractivity contribution in [1.29, 1.82) is 0 Å². The molecule has 0 unspecified atom stereocenters. The third kappa shape index (κ3) is 5.11. The Morgan fingerprint density at radius 1 is 1.19 bits per heavy atom. The number of benzene rings is 2. The smallest absolute Gasteiger partial charge is 0.413 e. The lowest BCUT2D eigenvalue weighted by Gasteiger charge is -2.19. The first kappa shape index (κ1) is 19.1. The molecule has 0 radical (unpaired) electrons. The SMILES string of the molecule is C=CCO/N=C/c1ccccc1OCc1ccccc1N(C)C(=O)OC. The first-order valence-electron chi connectivity index (χ1n) is 8.05. The second-order valence-corrected chi connectivity index (χ2v) is 5.30. The Hall–Kier alpha value is -3.28. The lowest BCUT2D eigenvalue weighted by atomic mass is 10.1. The molecule has 2 rings (SSSR count). The number of hydrogen-bond donors (Lipinski definition) is 0. The third-order valence-corrected chi connectivity index (χ3v) is 3.56. The molecule has 0 saturated carbocycles. The van der Waals surface area contributed by atoms with Crippen LogP contribution >= 0.6 is 0 Å². The van der Waals surface area contributed by atoms with Gasteiger partial charge in [-0.05, 0) is 18.2 Å². The normalized spacial score (nSPS) is 10.4. The van der Waals surface area contributed by atoms with Crippen LogP contribution in [0.2, 0.25) is 0 Å². The van der Waals surface area contributed by atoms with Gasteiger partial charge in [0.05, 0.1) is 19.0 Å². The van der Waals surface area contributed by atoms with Gasteiger partial charge in [-0.25, -0.2) is 4.79 Å². The number of rotatable bonds is 8. The van der Waals surface area contributed by atoms with Crippen molar-refractivity contribution < 1.29 is 19.1 Å². The number of methoxy groups -OCH3 is 1. The van der Waals surface area contributed by atoms with Crippen LogP contribution < -0.4 is 9.64 Å². The van der Waals surface area contributed by atoms with Crippen LogP contribution in [0.3, 0.4) is 0 Å². The van der Waals surface area contributed by atoms with Crippen molar-refractivity contribution in [2.24, 2.45) is 5.16 Å². The van der Waals surface area contributed by atoms with Crippen molar-refractivity contribution in [2.75, 3.05) is 25.7 Å². The molecule has 0 heterocycles. The predicted octanol–water partition coefficient (Wildman–Crippen LogP) is 4.00. The minimum atomic E-state index is -0.440. The number of oxime groups is 1. The summed E-state index contributed by atoms with van der Waals surface area (Å²) in [6.45, 7) is 4.19. The maximum atomic E-state index is 11.8. The third-order valence-electron chi connectivity index (χ3n) is 3.56. The Bertz CT molecular complexity index is 774. The molecule has 0 aliphatic heterocycles. The second kappa shape index (κ2) is 9.88. The van der Waals surface area contributed by atoms with Crippen LogP contribution in [-0.2, 0) is 16.2 Å². The average Bonchev–Trinajstić information content (AvgIpc) is 2.69. The highest BCUT2D eigenvalue weighted by Crippen LogP contribution is 2.23. The number of ether oxygens (including phenoxy) is 2. The van der Waals surface area contributed by atoms with E-state index >= 15 is 0 Å². The molecule has 0 aromatic heterocycles. The summed E-state index contributed by atoms with van der Waals surface area (Å²) >= 11 is 0. The maximum Gasteiger partial charge on any atom is 0.413 e.